The molecule has 2 aromatic carbocycles. The second kappa shape index (κ2) is 6.73. The minimum Gasteiger partial charge on any atom is -0.350 e. The number of aryl methyl sites for hydroxylation is 1. The normalized spacial score (nSPS) is 14.7. The van der Waals surface area contributed by atoms with Gasteiger partial charge in [0.15, 0.2) is 0 Å². The lowest BCUT2D eigenvalue weighted by molar-refractivity contribution is -0.120. The zero-order chi connectivity index (χ0) is 18.1. The number of anilines is 2. The second-order valence-electron chi connectivity index (χ2n) is 6.37. The molecule has 1 aliphatic rings. The van der Waals surface area contributed by atoms with Gasteiger partial charge in [-0.05, 0) is 42.7 Å². The number of hydrogen-bond donors (Lipinski definition) is 1. The van der Waals surface area contributed by atoms with Gasteiger partial charge in [0.05, 0.1) is 5.69 Å². The maximum atomic E-state index is 12.7. The Balaban J connectivity index is 1.85. The van der Waals surface area contributed by atoms with E-state index in [1.165, 1.54) is 5.56 Å². The van der Waals surface area contributed by atoms with Crippen molar-refractivity contribution in [1.82, 2.24) is 0 Å². The Bertz CT molecular complexity index is 852. The van der Waals surface area contributed by atoms with Crippen LogP contribution in [0.15, 0.2) is 59.3 Å². The van der Waals surface area contributed by atoms with E-state index in [0.717, 1.165) is 10.5 Å². The molecular weight excluding hydrogens is 336 g/mol. The van der Waals surface area contributed by atoms with Crippen LogP contribution in [0.4, 0.5) is 11.4 Å². The van der Waals surface area contributed by atoms with Crippen LogP contribution in [0.5, 0.6) is 0 Å². The first kappa shape index (κ1) is 17.2. The topological polar surface area (TPSA) is 49.4 Å². The highest BCUT2D eigenvalue weighted by Crippen LogP contribution is 2.30. The monoisotopic (exact) mass is 354 g/mol. The lowest BCUT2D eigenvalue weighted by Gasteiger charge is -2.15. The third kappa shape index (κ3) is 3.30. The largest absolute Gasteiger partial charge is 0.350 e. The zero-order valence-corrected chi connectivity index (χ0v) is 15.1. The molecule has 1 aliphatic heterocycles. The molecule has 2 amide bonds. The third-order valence-electron chi connectivity index (χ3n) is 4.17. The number of amides is 2. The van der Waals surface area contributed by atoms with Crippen molar-refractivity contribution in [3.63, 3.8) is 0 Å². The molecule has 4 nitrogen and oxygen atoms in total. The molecular formula is C20H19ClN2O2. The molecule has 3 rings (SSSR count). The van der Waals surface area contributed by atoms with Gasteiger partial charge in [-0.1, -0.05) is 55.3 Å². The summed E-state index contributed by atoms with van der Waals surface area (Å²) in [7, 11) is 0. The van der Waals surface area contributed by atoms with Gasteiger partial charge in [0.25, 0.3) is 11.8 Å². The molecule has 0 spiro atoms. The van der Waals surface area contributed by atoms with Gasteiger partial charge in [-0.25, -0.2) is 4.90 Å². The van der Waals surface area contributed by atoms with Crippen LogP contribution in [0.2, 0.25) is 0 Å². The second-order valence-corrected chi connectivity index (χ2v) is 6.75. The Kier molecular flexibility index (Phi) is 4.64. The molecule has 0 aromatic heterocycles. The van der Waals surface area contributed by atoms with Crippen molar-refractivity contribution < 1.29 is 9.59 Å². The predicted octanol–water partition coefficient (Wildman–Crippen LogP) is 4.55. The first-order valence-corrected chi connectivity index (χ1v) is 8.48. The van der Waals surface area contributed by atoms with Crippen molar-refractivity contribution in [2.75, 3.05) is 10.2 Å². The van der Waals surface area contributed by atoms with Crippen LogP contribution < -0.4 is 10.2 Å². The third-order valence-corrected chi connectivity index (χ3v) is 4.52. The highest BCUT2D eigenvalue weighted by atomic mass is 35.5. The van der Waals surface area contributed by atoms with Crippen LogP contribution in [-0.4, -0.2) is 11.8 Å². The molecule has 1 heterocycles. The van der Waals surface area contributed by atoms with Crippen LogP contribution in [-0.2, 0) is 9.59 Å². The Hall–Kier alpha value is -2.59. The minimum absolute atomic E-state index is 0.0986. The number of halogens is 1. The van der Waals surface area contributed by atoms with E-state index in [1.807, 2.05) is 43.3 Å². The number of nitrogens with zero attached hydrogens (tertiary/aromatic N) is 1. The smallest absolute Gasteiger partial charge is 0.283 e. The van der Waals surface area contributed by atoms with E-state index < -0.39 is 11.8 Å². The summed E-state index contributed by atoms with van der Waals surface area (Å²) >= 11 is 6.14. The van der Waals surface area contributed by atoms with Gasteiger partial charge in [0.2, 0.25) is 0 Å². The lowest BCUT2D eigenvalue weighted by atomic mass is 10.0. The standard InChI is InChI=1S/C20H19ClN2O2/c1-12(2)14-6-8-15(9-7-14)22-18-17(21)19(24)23(20(18)25)16-10-4-13(3)5-11-16/h4-12,22H,1-3H3. The zero-order valence-electron chi connectivity index (χ0n) is 14.3. The van der Waals surface area contributed by atoms with Crippen molar-refractivity contribution in [3.8, 4) is 0 Å². The first-order valence-electron chi connectivity index (χ1n) is 8.10. The van der Waals surface area contributed by atoms with E-state index >= 15 is 0 Å². The Morgan fingerprint density at radius 2 is 1.52 bits per heavy atom. The summed E-state index contributed by atoms with van der Waals surface area (Å²) in [4.78, 5) is 26.2. The highest BCUT2D eigenvalue weighted by Gasteiger charge is 2.38. The number of carbonyl (C=O) groups excluding carboxylic acids is 2. The molecule has 0 saturated carbocycles. The maximum Gasteiger partial charge on any atom is 0.283 e. The van der Waals surface area contributed by atoms with Gasteiger partial charge in [-0.15, -0.1) is 0 Å². The molecule has 1 N–H and O–H groups in total. The number of rotatable bonds is 4. The van der Waals surface area contributed by atoms with Crippen molar-refractivity contribution in [1.29, 1.82) is 0 Å². The van der Waals surface area contributed by atoms with Crippen LogP contribution in [0, 0.1) is 6.92 Å². The van der Waals surface area contributed by atoms with E-state index in [2.05, 4.69) is 19.2 Å². The molecule has 5 heteroatoms. The molecule has 0 bridgehead atoms. The summed E-state index contributed by atoms with van der Waals surface area (Å²) in [5.74, 6) is -0.549. The van der Waals surface area contributed by atoms with Gasteiger partial charge in [-0.2, -0.15) is 0 Å². The summed E-state index contributed by atoms with van der Waals surface area (Å²) in [5.41, 5.74) is 3.56. The SMILES string of the molecule is Cc1ccc(N2C(=O)C(Cl)=C(Nc3ccc(C(C)C)cc3)C2=O)cc1. The van der Waals surface area contributed by atoms with Crippen molar-refractivity contribution in [2.45, 2.75) is 26.7 Å². The first-order chi connectivity index (χ1) is 11.9. The quantitative estimate of drug-likeness (QED) is 0.819. The molecule has 0 radical (unpaired) electrons. The average molecular weight is 355 g/mol. The van der Waals surface area contributed by atoms with Gasteiger partial charge in [0, 0.05) is 5.69 Å². The molecule has 128 valence electrons. The minimum atomic E-state index is -0.517. The van der Waals surface area contributed by atoms with Gasteiger partial charge >= 0.3 is 0 Å². The van der Waals surface area contributed by atoms with Crippen LogP contribution in [0.1, 0.15) is 30.9 Å². The average Bonchev–Trinajstić information content (AvgIpc) is 2.80. The highest BCUT2D eigenvalue weighted by molar-refractivity contribution is 6.53. The molecule has 25 heavy (non-hydrogen) atoms. The van der Waals surface area contributed by atoms with Gasteiger partial charge in [-0.3, -0.25) is 9.59 Å². The fraction of sp³-hybridized carbons (Fsp3) is 0.200. The van der Waals surface area contributed by atoms with Crippen molar-refractivity contribution in [2.24, 2.45) is 0 Å². The van der Waals surface area contributed by atoms with Crippen molar-refractivity contribution >= 4 is 34.8 Å². The summed E-state index contributed by atoms with van der Waals surface area (Å²) in [5, 5.41) is 2.89. The lowest BCUT2D eigenvalue weighted by Crippen LogP contribution is -2.32. The van der Waals surface area contributed by atoms with Crippen LogP contribution >= 0.6 is 11.6 Å². The number of imide groups is 1. The predicted molar refractivity (Wildman–Crippen MR) is 101 cm³/mol. The summed E-state index contributed by atoms with van der Waals surface area (Å²) in [6.07, 6.45) is 0. The molecule has 0 aliphatic carbocycles. The summed E-state index contributed by atoms with van der Waals surface area (Å²) in [6.45, 7) is 6.16. The molecule has 0 fully saturated rings. The van der Waals surface area contributed by atoms with E-state index in [-0.39, 0.29) is 10.7 Å². The van der Waals surface area contributed by atoms with Gasteiger partial charge < -0.3 is 5.32 Å². The molecule has 2 aromatic rings. The molecule has 0 unspecified atom stereocenters. The fourth-order valence-electron chi connectivity index (χ4n) is 2.64. The number of nitrogens with one attached hydrogen (secondary N) is 1. The molecule has 0 saturated heterocycles. The van der Waals surface area contributed by atoms with E-state index in [1.54, 1.807) is 12.1 Å². The Labute approximate surface area is 152 Å². The van der Waals surface area contributed by atoms with Crippen LogP contribution in [0.25, 0.3) is 0 Å². The van der Waals surface area contributed by atoms with E-state index in [9.17, 15) is 9.59 Å². The molecule has 0 atom stereocenters. The summed E-state index contributed by atoms with van der Waals surface area (Å²) < 4.78 is 0. The fourth-order valence-corrected chi connectivity index (χ4v) is 2.85. The Morgan fingerprint density at radius 3 is 2.08 bits per heavy atom. The maximum absolute atomic E-state index is 12.7. The number of benzene rings is 2. The van der Waals surface area contributed by atoms with E-state index in [0.29, 0.717) is 17.3 Å². The summed E-state index contributed by atoms with van der Waals surface area (Å²) in [6, 6.07) is 14.9. The Morgan fingerprint density at radius 1 is 0.920 bits per heavy atom. The van der Waals surface area contributed by atoms with E-state index in [4.69, 9.17) is 11.6 Å². The van der Waals surface area contributed by atoms with Crippen LogP contribution in [0.3, 0.4) is 0 Å². The number of hydrogen-bond acceptors (Lipinski definition) is 3. The van der Waals surface area contributed by atoms with Crippen molar-refractivity contribution in [3.05, 3.63) is 70.4 Å². The number of carbonyl (C=O) groups is 2. The van der Waals surface area contributed by atoms with Gasteiger partial charge in [0.1, 0.15) is 10.7 Å².